The van der Waals surface area contributed by atoms with E-state index in [0.29, 0.717) is 19.0 Å². The van der Waals surface area contributed by atoms with Gasteiger partial charge in [-0.05, 0) is 12.5 Å². The number of hydrogen-bond acceptors (Lipinski definition) is 3. The molecule has 2 rings (SSSR count). The molecule has 0 fully saturated rings. The lowest BCUT2D eigenvalue weighted by Crippen LogP contribution is -2.31. The minimum atomic E-state index is 0. The molecule has 0 saturated carbocycles. The normalized spacial score (nSPS) is 10.9. The van der Waals surface area contributed by atoms with Crippen LogP contribution in [0.3, 0.4) is 0 Å². The molecule has 0 unspecified atom stereocenters. The van der Waals surface area contributed by atoms with Crippen molar-refractivity contribution in [3.63, 3.8) is 0 Å². The first-order chi connectivity index (χ1) is 8.74. The van der Waals surface area contributed by atoms with Crippen molar-refractivity contribution in [3.8, 4) is 0 Å². The number of halogens is 1. The molecule has 0 radical (unpaired) electrons. The molecule has 3 N–H and O–H groups in total. The Morgan fingerprint density at radius 1 is 1.37 bits per heavy atom. The average Bonchev–Trinajstić information content (AvgIpc) is 2.81. The van der Waals surface area contributed by atoms with Gasteiger partial charge in [0.15, 0.2) is 5.96 Å². The average molecular weight is 341 g/mol. The minimum absolute atomic E-state index is 0. The summed E-state index contributed by atoms with van der Waals surface area (Å²) in [6.45, 7) is 3.20. The maximum Gasteiger partial charge on any atom is 0.189 e. The maximum atomic E-state index is 5.79. The fraction of sp³-hybridized carbons (Fsp3) is 0.231. The molecule has 4 nitrogen and oxygen atoms in total. The standard InChI is InChI=1S/C13H16N4S.BrH/c1-10-17-12(9-18-10)8-16-13(14)15-7-11-5-3-2-4-6-11;/h2-6,9H,7-8H2,1H3,(H3,14,15,16);1H. The lowest BCUT2D eigenvalue weighted by molar-refractivity contribution is 0.857. The number of hydrogen-bond donors (Lipinski definition) is 2. The third-order valence-electron chi connectivity index (χ3n) is 2.39. The van der Waals surface area contributed by atoms with Gasteiger partial charge in [0.2, 0.25) is 0 Å². The Labute approximate surface area is 127 Å². The van der Waals surface area contributed by atoms with E-state index in [1.807, 2.05) is 42.6 Å². The van der Waals surface area contributed by atoms with Crippen LogP contribution < -0.4 is 11.1 Å². The number of thiazole rings is 1. The molecule has 0 aliphatic rings. The summed E-state index contributed by atoms with van der Waals surface area (Å²) in [6, 6.07) is 10.0. The summed E-state index contributed by atoms with van der Waals surface area (Å²) >= 11 is 1.63. The van der Waals surface area contributed by atoms with Crippen LogP contribution in [0, 0.1) is 6.92 Å². The van der Waals surface area contributed by atoms with Crippen LogP contribution in [-0.2, 0) is 13.1 Å². The summed E-state index contributed by atoms with van der Waals surface area (Å²) < 4.78 is 0. The topological polar surface area (TPSA) is 63.3 Å². The molecule has 0 spiro atoms. The van der Waals surface area contributed by atoms with Gasteiger partial charge in [-0.2, -0.15) is 0 Å². The van der Waals surface area contributed by atoms with Crippen molar-refractivity contribution in [2.24, 2.45) is 10.7 Å². The van der Waals surface area contributed by atoms with Crippen LogP contribution in [0.4, 0.5) is 0 Å². The molecule has 19 heavy (non-hydrogen) atoms. The highest BCUT2D eigenvalue weighted by atomic mass is 79.9. The van der Waals surface area contributed by atoms with Gasteiger partial charge in [0.05, 0.1) is 23.8 Å². The quantitative estimate of drug-likeness (QED) is 0.664. The maximum absolute atomic E-state index is 5.79. The molecule has 6 heteroatoms. The molecule has 0 atom stereocenters. The molecule has 2 aromatic rings. The van der Waals surface area contributed by atoms with Gasteiger partial charge in [-0.3, -0.25) is 0 Å². The van der Waals surface area contributed by atoms with Crippen molar-refractivity contribution in [1.29, 1.82) is 0 Å². The fourth-order valence-corrected chi connectivity index (χ4v) is 2.10. The molecule has 0 aliphatic heterocycles. The lowest BCUT2D eigenvalue weighted by Gasteiger charge is -2.03. The molecular weight excluding hydrogens is 324 g/mol. The first-order valence-corrected chi connectivity index (χ1v) is 6.61. The molecule has 1 heterocycles. The molecular formula is C13H17BrN4S. The van der Waals surface area contributed by atoms with Gasteiger partial charge >= 0.3 is 0 Å². The Morgan fingerprint density at radius 2 is 2.11 bits per heavy atom. The fourth-order valence-electron chi connectivity index (χ4n) is 1.49. The van der Waals surface area contributed by atoms with E-state index in [2.05, 4.69) is 15.3 Å². The number of benzene rings is 1. The summed E-state index contributed by atoms with van der Waals surface area (Å²) in [7, 11) is 0. The number of rotatable bonds is 4. The zero-order valence-electron chi connectivity index (χ0n) is 10.7. The Balaban J connectivity index is 0.00000180. The summed E-state index contributed by atoms with van der Waals surface area (Å²) in [6.07, 6.45) is 0. The summed E-state index contributed by atoms with van der Waals surface area (Å²) in [5.41, 5.74) is 7.93. The van der Waals surface area contributed by atoms with Gasteiger partial charge in [0.25, 0.3) is 0 Å². The number of nitrogens with one attached hydrogen (secondary N) is 1. The number of aryl methyl sites for hydroxylation is 1. The van der Waals surface area contributed by atoms with Gasteiger partial charge in [-0.1, -0.05) is 30.3 Å². The van der Waals surface area contributed by atoms with Crippen molar-refractivity contribution in [3.05, 3.63) is 52.0 Å². The Morgan fingerprint density at radius 3 is 2.74 bits per heavy atom. The smallest absolute Gasteiger partial charge is 0.189 e. The van der Waals surface area contributed by atoms with E-state index in [1.165, 1.54) is 0 Å². The van der Waals surface area contributed by atoms with Crippen LogP contribution in [0.1, 0.15) is 16.3 Å². The van der Waals surface area contributed by atoms with Gasteiger partial charge in [0, 0.05) is 5.38 Å². The van der Waals surface area contributed by atoms with E-state index in [-0.39, 0.29) is 17.0 Å². The Kier molecular flexibility index (Phi) is 6.52. The first-order valence-electron chi connectivity index (χ1n) is 5.73. The summed E-state index contributed by atoms with van der Waals surface area (Å²) in [5.74, 6) is 0.449. The number of aliphatic imine (C=N–C) groups is 1. The van der Waals surface area contributed by atoms with Crippen molar-refractivity contribution < 1.29 is 0 Å². The Bertz CT molecular complexity index is 524. The number of nitrogens with two attached hydrogens (primary N) is 1. The van der Waals surface area contributed by atoms with Crippen LogP contribution in [0.2, 0.25) is 0 Å². The van der Waals surface area contributed by atoms with E-state index in [1.54, 1.807) is 11.3 Å². The number of aromatic nitrogens is 1. The lowest BCUT2D eigenvalue weighted by atomic mass is 10.2. The summed E-state index contributed by atoms with van der Waals surface area (Å²) in [5, 5.41) is 6.14. The molecule has 1 aromatic carbocycles. The zero-order valence-corrected chi connectivity index (χ0v) is 13.2. The highest BCUT2D eigenvalue weighted by Crippen LogP contribution is 2.07. The second-order valence-corrected chi connectivity index (χ2v) is 4.96. The van der Waals surface area contributed by atoms with Crippen molar-refractivity contribution >= 4 is 34.3 Å². The second kappa shape index (κ2) is 7.91. The van der Waals surface area contributed by atoms with Crippen LogP contribution in [0.15, 0.2) is 40.7 Å². The highest BCUT2D eigenvalue weighted by Gasteiger charge is 1.98. The van der Waals surface area contributed by atoms with Crippen molar-refractivity contribution in [1.82, 2.24) is 10.3 Å². The number of guanidine groups is 1. The molecule has 0 aliphatic carbocycles. The van der Waals surface area contributed by atoms with Gasteiger partial charge in [-0.15, -0.1) is 28.3 Å². The number of nitrogens with zero attached hydrogens (tertiary/aromatic N) is 2. The summed E-state index contributed by atoms with van der Waals surface area (Å²) in [4.78, 5) is 8.62. The monoisotopic (exact) mass is 340 g/mol. The van der Waals surface area contributed by atoms with E-state index in [9.17, 15) is 0 Å². The zero-order chi connectivity index (χ0) is 12.8. The van der Waals surface area contributed by atoms with Crippen LogP contribution in [0.5, 0.6) is 0 Å². The highest BCUT2D eigenvalue weighted by molar-refractivity contribution is 8.93. The molecule has 0 amide bonds. The van der Waals surface area contributed by atoms with E-state index in [0.717, 1.165) is 16.3 Å². The molecule has 1 aromatic heterocycles. The van der Waals surface area contributed by atoms with Crippen molar-refractivity contribution in [2.45, 2.75) is 20.0 Å². The van der Waals surface area contributed by atoms with Gasteiger partial charge in [0.1, 0.15) is 0 Å². The predicted molar refractivity (Wildman–Crippen MR) is 85.8 cm³/mol. The van der Waals surface area contributed by atoms with E-state index in [4.69, 9.17) is 5.73 Å². The van der Waals surface area contributed by atoms with Crippen LogP contribution >= 0.6 is 28.3 Å². The third kappa shape index (κ3) is 5.40. The molecule has 102 valence electrons. The van der Waals surface area contributed by atoms with E-state index >= 15 is 0 Å². The third-order valence-corrected chi connectivity index (χ3v) is 3.21. The Hall–Kier alpha value is -1.40. The van der Waals surface area contributed by atoms with Crippen LogP contribution in [0.25, 0.3) is 0 Å². The second-order valence-electron chi connectivity index (χ2n) is 3.90. The molecule has 0 bridgehead atoms. The van der Waals surface area contributed by atoms with Crippen molar-refractivity contribution in [2.75, 3.05) is 0 Å². The van der Waals surface area contributed by atoms with Crippen LogP contribution in [-0.4, -0.2) is 10.9 Å². The van der Waals surface area contributed by atoms with Gasteiger partial charge in [-0.25, -0.2) is 9.98 Å². The van der Waals surface area contributed by atoms with Gasteiger partial charge < -0.3 is 11.1 Å². The van der Waals surface area contributed by atoms with E-state index < -0.39 is 0 Å². The first kappa shape index (κ1) is 15.7. The molecule has 0 saturated heterocycles. The SMILES string of the molecule is Br.Cc1nc(CNC(N)=NCc2ccccc2)cs1. The minimum Gasteiger partial charge on any atom is -0.370 e. The largest absolute Gasteiger partial charge is 0.370 e. The predicted octanol–water partition coefficient (Wildman–Crippen LogP) is 2.63.